The molecule has 0 saturated carbocycles. The molecular formula is C13H16N2O4S. The molecule has 0 aromatic heterocycles. The molecule has 1 aromatic rings. The van der Waals surface area contributed by atoms with E-state index in [0.717, 1.165) is 6.26 Å². The third kappa shape index (κ3) is 2.06. The Hall–Kier alpha value is -1.60. The molecule has 0 N–H and O–H groups in total. The fourth-order valence-corrected chi connectivity index (χ4v) is 3.88. The minimum atomic E-state index is -3.43. The average molecular weight is 296 g/mol. The molecule has 1 saturated heterocycles. The number of hydrogen-bond acceptors (Lipinski definition) is 4. The minimum absolute atomic E-state index is 0.214. The zero-order valence-corrected chi connectivity index (χ0v) is 12.1. The van der Waals surface area contributed by atoms with Crippen LogP contribution < -0.4 is 9.64 Å². The van der Waals surface area contributed by atoms with E-state index in [2.05, 4.69) is 0 Å². The van der Waals surface area contributed by atoms with Gasteiger partial charge in [-0.25, -0.2) is 8.42 Å². The van der Waals surface area contributed by atoms with Crippen molar-refractivity contribution >= 4 is 21.6 Å². The molecule has 1 aromatic carbocycles. The van der Waals surface area contributed by atoms with Crippen LogP contribution in [0.2, 0.25) is 0 Å². The van der Waals surface area contributed by atoms with Crippen LogP contribution in [-0.2, 0) is 14.8 Å². The number of amides is 1. The van der Waals surface area contributed by atoms with Crippen LogP contribution in [0.1, 0.15) is 6.42 Å². The van der Waals surface area contributed by atoms with E-state index in [4.69, 9.17) is 4.74 Å². The van der Waals surface area contributed by atoms with Crippen molar-refractivity contribution in [3.8, 4) is 5.75 Å². The normalized spacial score (nSPS) is 26.7. The molecule has 2 heterocycles. The van der Waals surface area contributed by atoms with Crippen LogP contribution in [0.25, 0.3) is 0 Å². The van der Waals surface area contributed by atoms with Crippen LogP contribution >= 0.6 is 0 Å². The molecule has 2 aliphatic heterocycles. The molecule has 0 unspecified atom stereocenters. The van der Waals surface area contributed by atoms with Gasteiger partial charge in [0, 0.05) is 13.5 Å². The summed E-state index contributed by atoms with van der Waals surface area (Å²) in [6, 6.07) is 6.57. The Morgan fingerprint density at radius 2 is 2.00 bits per heavy atom. The second kappa shape index (κ2) is 4.46. The molecule has 6 nitrogen and oxygen atoms in total. The first kappa shape index (κ1) is 13.4. The number of fused-ring (bicyclic) bond motifs is 3. The summed E-state index contributed by atoms with van der Waals surface area (Å²) in [5.74, 6) is 0.399. The fourth-order valence-electron chi connectivity index (χ4n) is 2.80. The monoisotopic (exact) mass is 296 g/mol. The smallest absolute Gasteiger partial charge is 0.245 e. The third-order valence-electron chi connectivity index (χ3n) is 3.78. The minimum Gasteiger partial charge on any atom is -0.487 e. The number of benzene rings is 1. The van der Waals surface area contributed by atoms with Crippen molar-refractivity contribution in [1.29, 1.82) is 0 Å². The van der Waals surface area contributed by atoms with E-state index in [1.165, 1.54) is 9.21 Å². The van der Waals surface area contributed by atoms with Gasteiger partial charge in [0.2, 0.25) is 15.9 Å². The summed E-state index contributed by atoms with van der Waals surface area (Å²) in [7, 11) is -1.78. The first-order valence-electron chi connectivity index (χ1n) is 6.38. The highest BCUT2D eigenvalue weighted by Crippen LogP contribution is 2.35. The van der Waals surface area contributed by atoms with Gasteiger partial charge in [0.15, 0.2) is 0 Å². The molecule has 2 aliphatic rings. The van der Waals surface area contributed by atoms with E-state index < -0.39 is 16.1 Å². The number of ether oxygens (including phenoxy) is 1. The topological polar surface area (TPSA) is 66.9 Å². The second-order valence-electron chi connectivity index (χ2n) is 5.19. The van der Waals surface area contributed by atoms with Crippen LogP contribution in [0.15, 0.2) is 24.3 Å². The largest absolute Gasteiger partial charge is 0.487 e. The second-order valence-corrected chi connectivity index (χ2v) is 7.12. The molecule has 2 bridgehead atoms. The summed E-state index contributed by atoms with van der Waals surface area (Å²) >= 11 is 0. The van der Waals surface area contributed by atoms with E-state index in [0.29, 0.717) is 17.9 Å². The lowest BCUT2D eigenvalue weighted by Crippen LogP contribution is -2.46. The van der Waals surface area contributed by atoms with E-state index in [9.17, 15) is 13.2 Å². The number of carbonyl (C=O) groups is 1. The maximum absolute atomic E-state index is 12.5. The van der Waals surface area contributed by atoms with Gasteiger partial charge in [0.1, 0.15) is 17.9 Å². The van der Waals surface area contributed by atoms with E-state index >= 15 is 0 Å². The molecule has 7 heteroatoms. The van der Waals surface area contributed by atoms with Gasteiger partial charge in [-0.15, -0.1) is 0 Å². The summed E-state index contributed by atoms with van der Waals surface area (Å²) in [5, 5.41) is 0. The molecule has 20 heavy (non-hydrogen) atoms. The summed E-state index contributed by atoms with van der Waals surface area (Å²) in [6.07, 6.45) is 1.24. The number of hydrogen-bond donors (Lipinski definition) is 0. The van der Waals surface area contributed by atoms with Gasteiger partial charge >= 0.3 is 0 Å². The van der Waals surface area contributed by atoms with Crippen LogP contribution in [0.5, 0.6) is 5.75 Å². The number of nitrogens with zero attached hydrogens (tertiary/aromatic N) is 2. The first-order chi connectivity index (χ1) is 9.38. The molecular weight excluding hydrogens is 280 g/mol. The quantitative estimate of drug-likeness (QED) is 0.754. The van der Waals surface area contributed by atoms with Crippen molar-refractivity contribution in [3.05, 3.63) is 24.3 Å². The van der Waals surface area contributed by atoms with E-state index in [1.807, 2.05) is 12.1 Å². The van der Waals surface area contributed by atoms with Crippen molar-refractivity contribution in [2.75, 3.05) is 24.7 Å². The number of sulfonamides is 1. The summed E-state index contributed by atoms with van der Waals surface area (Å²) in [4.78, 5) is 14.0. The highest BCUT2D eigenvalue weighted by molar-refractivity contribution is 7.88. The summed E-state index contributed by atoms with van der Waals surface area (Å²) in [6.45, 7) is 0.220. The van der Waals surface area contributed by atoms with Crippen molar-refractivity contribution < 1.29 is 17.9 Å². The zero-order valence-electron chi connectivity index (χ0n) is 11.3. The van der Waals surface area contributed by atoms with E-state index in [-0.39, 0.29) is 18.6 Å². The average Bonchev–Trinajstić information content (AvgIpc) is 2.81. The Kier molecular flexibility index (Phi) is 2.98. The number of para-hydroxylation sites is 2. The SMILES string of the molecule is CN1C(=O)[C@@H]2C[C@@H](CN2S(C)(=O)=O)Oc2ccccc21. The first-order valence-corrected chi connectivity index (χ1v) is 8.23. The third-order valence-corrected chi connectivity index (χ3v) is 5.03. The van der Waals surface area contributed by atoms with Gasteiger partial charge in [-0.1, -0.05) is 12.1 Å². The predicted molar refractivity (Wildman–Crippen MR) is 74.2 cm³/mol. The fraction of sp³-hybridized carbons (Fsp3) is 0.462. The number of anilines is 1. The van der Waals surface area contributed by atoms with Crippen LogP contribution in [0.3, 0.4) is 0 Å². The molecule has 108 valence electrons. The van der Waals surface area contributed by atoms with Gasteiger partial charge in [0.05, 0.1) is 18.5 Å². The maximum Gasteiger partial charge on any atom is 0.245 e. The maximum atomic E-state index is 12.5. The number of rotatable bonds is 1. The highest BCUT2D eigenvalue weighted by atomic mass is 32.2. The number of carbonyl (C=O) groups excluding carboxylic acids is 1. The predicted octanol–water partition coefficient (Wildman–Crippen LogP) is 0.444. The van der Waals surface area contributed by atoms with Crippen LogP contribution in [-0.4, -0.2) is 50.6 Å². The van der Waals surface area contributed by atoms with E-state index in [1.54, 1.807) is 19.2 Å². The molecule has 0 aliphatic carbocycles. The molecule has 0 spiro atoms. The Balaban J connectivity index is 2.06. The van der Waals surface area contributed by atoms with Gasteiger partial charge in [-0.3, -0.25) is 4.79 Å². The Bertz CT molecular complexity index is 658. The molecule has 1 amide bonds. The lowest BCUT2D eigenvalue weighted by Gasteiger charge is -2.28. The lowest BCUT2D eigenvalue weighted by molar-refractivity contribution is -0.121. The van der Waals surface area contributed by atoms with Crippen molar-refractivity contribution in [3.63, 3.8) is 0 Å². The van der Waals surface area contributed by atoms with Crippen LogP contribution in [0.4, 0.5) is 5.69 Å². The van der Waals surface area contributed by atoms with Crippen LogP contribution in [0, 0.1) is 0 Å². The molecule has 3 rings (SSSR count). The molecule has 2 atom stereocenters. The number of likely N-dealkylation sites (N-methyl/N-ethyl adjacent to an activating group) is 1. The van der Waals surface area contributed by atoms with Gasteiger partial charge < -0.3 is 9.64 Å². The van der Waals surface area contributed by atoms with Crippen molar-refractivity contribution in [2.45, 2.75) is 18.6 Å². The van der Waals surface area contributed by atoms with Gasteiger partial charge in [0.25, 0.3) is 0 Å². The standard InChI is InChI=1S/C13H16N2O4S/c1-14-10-5-3-4-6-12(10)19-9-7-11(13(14)16)15(8-9)20(2,17)18/h3-6,9,11H,7-8H2,1-2H3/t9-,11-/m0/s1. The zero-order chi connectivity index (χ0) is 14.5. The molecule has 1 fully saturated rings. The molecule has 0 radical (unpaired) electrons. The lowest BCUT2D eigenvalue weighted by atomic mass is 10.1. The Morgan fingerprint density at radius 1 is 1.30 bits per heavy atom. The summed E-state index contributed by atoms with van der Waals surface area (Å²) < 4.78 is 30.8. The Morgan fingerprint density at radius 3 is 2.70 bits per heavy atom. The van der Waals surface area contributed by atoms with Crippen molar-refractivity contribution in [2.24, 2.45) is 0 Å². The highest BCUT2D eigenvalue weighted by Gasteiger charge is 2.45. The summed E-state index contributed by atoms with van der Waals surface area (Å²) in [5.41, 5.74) is 0.669. The van der Waals surface area contributed by atoms with Crippen molar-refractivity contribution in [1.82, 2.24) is 4.31 Å². The van der Waals surface area contributed by atoms with Gasteiger partial charge in [-0.05, 0) is 12.1 Å². The van der Waals surface area contributed by atoms with Gasteiger partial charge in [-0.2, -0.15) is 4.31 Å². The Labute approximate surface area is 118 Å².